The number of anilines is 2. The fourth-order valence-corrected chi connectivity index (χ4v) is 3.29. The maximum Gasteiger partial charge on any atom is 0.413 e. The predicted octanol–water partition coefficient (Wildman–Crippen LogP) is 4.43. The smallest absolute Gasteiger partial charge is 0.413 e. The van der Waals surface area contributed by atoms with Gasteiger partial charge in [-0.05, 0) is 66.9 Å². The normalized spacial score (nSPS) is 15.3. The molecule has 0 saturated heterocycles. The van der Waals surface area contributed by atoms with Crippen molar-refractivity contribution in [1.29, 1.82) is 0 Å². The van der Waals surface area contributed by atoms with Gasteiger partial charge in [0.1, 0.15) is 5.82 Å². The first-order chi connectivity index (χ1) is 11.8. The minimum atomic E-state index is -1.14. The zero-order valence-electron chi connectivity index (χ0n) is 16.3. The Labute approximate surface area is 154 Å². The van der Waals surface area contributed by atoms with Crippen LogP contribution < -0.4 is 9.80 Å². The van der Waals surface area contributed by atoms with E-state index < -0.39 is 16.6 Å². The molecule has 1 aliphatic rings. The topological polar surface area (TPSA) is 99.8 Å². The second kappa shape index (κ2) is 6.74. The van der Waals surface area contributed by atoms with Gasteiger partial charge >= 0.3 is 11.8 Å². The number of pyridine rings is 1. The van der Waals surface area contributed by atoms with E-state index >= 15 is 0 Å². The lowest BCUT2D eigenvalue weighted by molar-refractivity contribution is -0.384. The fraction of sp³-hybridized carbons (Fsp3) is 0.667. The third-order valence-electron chi connectivity index (χ3n) is 4.52. The van der Waals surface area contributed by atoms with Crippen LogP contribution in [0.4, 0.5) is 22.1 Å². The molecule has 0 atom stereocenters. The van der Waals surface area contributed by atoms with Gasteiger partial charge in [0.2, 0.25) is 5.82 Å². The number of carbonyl (C=O) groups is 1. The van der Waals surface area contributed by atoms with Crippen LogP contribution in [0.15, 0.2) is 12.1 Å². The molecule has 1 aromatic rings. The van der Waals surface area contributed by atoms with Crippen LogP contribution in [0.5, 0.6) is 0 Å². The van der Waals surface area contributed by atoms with Crippen molar-refractivity contribution in [2.24, 2.45) is 0 Å². The fourth-order valence-electron chi connectivity index (χ4n) is 3.29. The summed E-state index contributed by atoms with van der Waals surface area (Å²) in [5, 5.41) is 21.2. The summed E-state index contributed by atoms with van der Waals surface area (Å²) in [5.74, 6) is 0.430. The summed E-state index contributed by atoms with van der Waals surface area (Å²) in [6.07, 6.45) is 1.83. The number of nitrogens with zero attached hydrogens (tertiary/aromatic N) is 4. The highest BCUT2D eigenvalue weighted by Gasteiger charge is 2.39. The van der Waals surface area contributed by atoms with Crippen molar-refractivity contribution in [1.82, 2.24) is 4.98 Å². The van der Waals surface area contributed by atoms with Crippen LogP contribution in [0.25, 0.3) is 0 Å². The second-order valence-corrected chi connectivity index (χ2v) is 8.68. The Balaban J connectivity index is 2.65. The van der Waals surface area contributed by atoms with Gasteiger partial charge in [0.15, 0.2) is 0 Å². The first kappa shape index (κ1) is 19.9. The lowest BCUT2D eigenvalue weighted by Crippen LogP contribution is -2.52. The van der Waals surface area contributed by atoms with Gasteiger partial charge in [0, 0.05) is 23.2 Å². The van der Waals surface area contributed by atoms with E-state index in [1.54, 1.807) is 20.8 Å². The van der Waals surface area contributed by atoms with Gasteiger partial charge in [-0.15, -0.1) is 0 Å². The number of amides is 1. The number of hydrogen-bond acceptors (Lipinski definition) is 5. The Morgan fingerprint density at radius 3 is 2.12 bits per heavy atom. The monoisotopic (exact) mass is 364 g/mol. The maximum absolute atomic E-state index is 11.8. The number of nitro groups is 1. The first-order valence-corrected chi connectivity index (χ1v) is 8.82. The molecule has 1 N–H and O–H groups in total. The van der Waals surface area contributed by atoms with Gasteiger partial charge in [-0.1, -0.05) is 0 Å². The van der Waals surface area contributed by atoms with E-state index in [0.29, 0.717) is 0 Å². The van der Waals surface area contributed by atoms with E-state index in [1.165, 1.54) is 12.1 Å². The summed E-state index contributed by atoms with van der Waals surface area (Å²) in [7, 11) is 0. The molecule has 0 aromatic carbocycles. The molecule has 0 aliphatic heterocycles. The Morgan fingerprint density at radius 2 is 1.77 bits per heavy atom. The molecular weight excluding hydrogens is 336 g/mol. The molecule has 1 fully saturated rings. The maximum atomic E-state index is 11.8. The predicted molar refractivity (Wildman–Crippen MR) is 101 cm³/mol. The van der Waals surface area contributed by atoms with E-state index in [2.05, 4.69) is 4.98 Å². The first-order valence-electron chi connectivity index (χ1n) is 8.82. The highest BCUT2D eigenvalue weighted by atomic mass is 16.6. The molecule has 144 valence electrons. The SMILES string of the molecule is CC(C)(C)N(C(=O)O)c1ccc([N+](=O)[O-])c(N(C2CCC2)C(C)(C)C)n1. The van der Waals surface area contributed by atoms with Crippen molar-refractivity contribution in [2.75, 3.05) is 9.80 Å². The molecule has 1 amide bonds. The molecule has 1 aliphatic carbocycles. The minimum Gasteiger partial charge on any atom is -0.465 e. The van der Waals surface area contributed by atoms with Gasteiger partial charge in [-0.3, -0.25) is 15.0 Å². The summed E-state index contributed by atoms with van der Waals surface area (Å²) in [6.45, 7) is 11.2. The zero-order valence-corrected chi connectivity index (χ0v) is 16.3. The second-order valence-electron chi connectivity index (χ2n) is 8.68. The van der Waals surface area contributed by atoms with Crippen LogP contribution in [0.1, 0.15) is 60.8 Å². The van der Waals surface area contributed by atoms with Gasteiger partial charge in [-0.2, -0.15) is 0 Å². The summed E-state index contributed by atoms with van der Waals surface area (Å²) >= 11 is 0. The Kier molecular flexibility index (Phi) is 5.17. The standard InChI is InChI=1S/C18H28N4O4/c1-17(2,3)20(12-8-7-9-12)15-13(22(25)26)10-11-14(19-15)21(16(23)24)18(4,5)6/h10-12H,7-9H2,1-6H3,(H,23,24). The molecule has 1 aromatic heterocycles. The molecule has 1 saturated carbocycles. The Bertz CT molecular complexity index is 702. The summed E-state index contributed by atoms with van der Waals surface area (Å²) in [6, 6.07) is 2.93. The van der Waals surface area contributed by atoms with Crippen LogP contribution in [-0.2, 0) is 0 Å². The Hall–Kier alpha value is -2.38. The average molecular weight is 364 g/mol. The highest BCUT2D eigenvalue weighted by molar-refractivity contribution is 5.87. The van der Waals surface area contributed by atoms with Gasteiger partial charge < -0.3 is 10.0 Å². The Morgan fingerprint density at radius 1 is 1.19 bits per heavy atom. The summed E-state index contributed by atoms with van der Waals surface area (Å²) in [4.78, 5) is 30.5. The van der Waals surface area contributed by atoms with Crippen LogP contribution in [0.3, 0.4) is 0 Å². The molecule has 2 rings (SSSR count). The van der Waals surface area contributed by atoms with Gasteiger partial charge in [0.25, 0.3) is 0 Å². The van der Waals surface area contributed by atoms with Crippen LogP contribution in [0.2, 0.25) is 0 Å². The number of hydrogen-bond donors (Lipinski definition) is 1. The molecule has 1 heterocycles. The lowest BCUT2D eigenvalue weighted by Gasteiger charge is -2.46. The largest absolute Gasteiger partial charge is 0.465 e. The van der Waals surface area contributed by atoms with E-state index in [4.69, 9.17) is 0 Å². The van der Waals surface area contributed by atoms with Crippen LogP contribution in [-0.4, -0.2) is 38.2 Å². The van der Waals surface area contributed by atoms with E-state index in [9.17, 15) is 20.0 Å². The molecule has 0 bridgehead atoms. The molecule has 0 unspecified atom stereocenters. The van der Waals surface area contributed by atoms with Crippen molar-refractivity contribution < 1.29 is 14.8 Å². The van der Waals surface area contributed by atoms with Crippen molar-refractivity contribution >= 4 is 23.4 Å². The average Bonchev–Trinajstić information content (AvgIpc) is 2.38. The van der Waals surface area contributed by atoms with E-state index in [0.717, 1.165) is 24.2 Å². The summed E-state index contributed by atoms with van der Waals surface area (Å²) < 4.78 is 0. The highest BCUT2D eigenvalue weighted by Crippen LogP contribution is 2.40. The molecular formula is C18H28N4O4. The molecule has 26 heavy (non-hydrogen) atoms. The third-order valence-corrected chi connectivity index (χ3v) is 4.52. The van der Waals surface area contributed by atoms with Gasteiger partial charge in [-0.25, -0.2) is 9.78 Å². The quantitative estimate of drug-likeness (QED) is 0.626. The minimum absolute atomic E-state index is 0.102. The summed E-state index contributed by atoms with van der Waals surface area (Å²) in [5.41, 5.74) is -1.21. The van der Waals surface area contributed by atoms with E-state index in [1.807, 2.05) is 25.7 Å². The molecule has 0 radical (unpaired) electrons. The van der Waals surface area contributed by atoms with Crippen molar-refractivity contribution in [3.05, 3.63) is 22.2 Å². The molecule has 0 spiro atoms. The molecule has 8 heteroatoms. The lowest BCUT2D eigenvalue weighted by atomic mass is 9.87. The third kappa shape index (κ3) is 3.89. The van der Waals surface area contributed by atoms with E-state index in [-0.39, 0.29) is 28.9 Å². The number of rotatable bonds is 4. The van der Waals surface area contributed by atoms with Crippen molar-refractivity contribution in [3.8, 4) is 0 Å². The van der Waals surface area contributed by atoms with Gasteiger partial charge in [0.05, 0.1) is 4.92 Å². The van der Waals surface area contributed by atoms with Crippen molar-refractivity contribution in [2.45, 2.75) is 77.9 Å². The number of carboxylic acid groups (broad SMARTS) is 1. The van der Waals surface area contributed by atoms with Crippen LogP contribution in [0, 0.1) is 10.1 Å². The van der Waals surface area contributed by atoms with Crippen LogP contribution >= 0.6 is 0 Å². The van der Waals surface area contributed by atoms with Crippen molar-refractivity contribution in [3.63, 3.8) is 0 Å². The number of aromatic nitrogens is 1. The molecule has 8 nitrogen and oxygen atoms in total. The zero-order chi connectivity index (χ0) is 19.9.